The number of fused-ring (bicyclic) bond motifs is 1. The van der Waals surface area contributed by atoms with Crippen molar-refractivity contribution in [2.75, 3.05) is 0 Å². The normalized spacial score (nSPS) is 12.7. The quantitative estimate of drug-likeness (QED) is 0.769. The zero-order chi connectivity index (χ0) is 13.1. The number of nitrogens with one attached hydrogen (secondary N) is 1. The van der Waals surface area contributed by atoms with Crippen molar-refractivity contribution in [1.82, 2.24) is 10.3 Å². The van der Waals surface area contributed by atoms with Crippen molar-refractivity contribution in [2.24, 2.45) is 0 Å². The van der Waals surface area contributed by atoms with Gasteiger partial charge >= 0.3 is 0 Å². The highest BCUT2D eigenvalue weighted by atomic mass is 16.3. The van der Waals surface area contributed by atoms with Crippen molar-refractivity contribution in [3.05, 3.63) is 66.2 Å². The topological polar surface area (TPSA) is 38.1 Å². The molecule has 0 radical (unpaired) electrons. The molecule has 19 heavy (non-hydrogen) atoms. The molecule has 0 amide bonds. The molecule has 3 nitrogen and oxygen atoms in total. The molecule has 1 aromatic carbocycles. The van der Waals surface area contributed by atoms with E-state index in [0.29, 0.717) is 0 Å². The van der Waals surface area contributed by atoms with Gasteiger partial charge in [0.1, 0.15) is 5.58 Å². The first-order valence-electron chi connectivity index (χ1n) is 6.43. The van der Waals surface area contributed by atoms with Crippen LogP contribution in [0.15, 0.2) is 59.5 Å². The van der Waals surface area contributed by atoms with E-state index in [0.717, 1.165) is 12.1 Å². The first kappa shape index (κ1) is 11.9. The molecule has 0 bridgehead atoms. The second kappa shape index (κ2) is 5.24. The molecular weight excluding hydrogens is 236 g/mol. The Kier molecular flexibility index (Phi) is 3.29. The van der Waals surface area contributed by atoms with Crippen molar-refractivity contribution in [2.45, 2.75) is 19.5 Å². The van der Waals surface area contributed by atoms with E-state index in [1.165, 1.54) is 16.5 Å². The van der Waals surface area contributed by atoms with Crippen LogP contribution in [0.5, 0.6) is 0 Å². The largest absolute Gasteiger partial charge is 0.464 e. The van der Waals surface area contributed by atoms with Crippen LogP contribution < -0.4 is 5.32 Å². The molecule has 2 heterocycles. The van der Waals surface area contributed by atoms with E-state index in [-0.39, 0.29) is 6.04 Å². The van der Waals surface area contributed by atoms with Gasteiger partial charge in [0.05, 0.1) is 6.26 Å². The minimum atomic E-state index is 0.266. The molecule has 3 aromatic rings. The van der Waals surface area contributed by atoms with Gasteiger partial charge in [0.2, 0.25) is 0 Å². The Morgan fingerprint density at radius 2 is 2.11 bits per heavy atom. The Morgan fingerprint density at radius 1 is 1.21 bits per heavy atom. The van der Waals surface area contributed by atoms with Crippen LogP contribution in [0.2, 0.25) is 0 Å². The molecule has 0 saturated carbocycles. The number of furan rings is 1. The summed E-state index contributed by atoms with van der Waals surface area (Å²) >= 11 is 0. The van der Waals surface area contributed by atoms with Crippen LogP contribution in [0.25, 0.3) is 11.0 Å². The van der Waals surface area contributed by atoms with Crippen molar-refractivity contribution in [3.63, 3.8) is 0 Å². The summed E-state index contributed by atoms with van der Waals surface area (Å²) in [4.78, 5) is 4.14. The average molecular weight is 252 g/mol. The van der Waals surface area contributed by atoms with Gasteiger partial charge in [-0.05, 0) is 24.6 Å². The molecule has 0 spiro atoms. The third kappa shape index (κ3) is 2.51. The van der Waals surface area contributed by atoms with E-state index in [1.807, 2.05) is 36.7 Å². The number of rotatable bonds is 4. The molecule has 96 valence electrons. The zero-order valence-electron chi connectivity index (χ0n) is 10.8. The Balaban J connectivity index is 1.73. The van der Waals surface area contributed by atoms with E-state index in [4.69, 9.17) is 4.42 Å². The van der Waals surface area contributed by atoms with Gasteiger partial charge in [-0.2, -0.15) is 0 Å². The summed E-state index contributed by atoms with van der Waals surface area (Å²) in [5.41, 5.74) is 3.31. The number of benzene rings is 1. The summed E-state index contributed by atoms with van der Waals surface area (Å²) in [6, 6.07) is 12.4. The lowest BCUT2D eigenvalue weighted by Crippen LogP contribution is -2.17. The van der Waals surface area contributed by atoms with E-state index < -0.39 is 0 Å². The molecule has 0 aliphatic carbocycles. The van der Waals surface area contributed by atoms with Gasteiger partial charge < -0.3 is 9.73 Å². The minimum absolute atomic E-state index is 0.266. The Hall–Kier alpha value is -2.13. The van der Waals surface area contributed by atoms with Crippen LogP contribution >= 0.6 is 0 Å². The minimum Gasteiger partial charge on any atom is -0.464 e. The van der Waals surface area contributed by atoms with Crippen molar-refractivity contribution < 1.29 is 4.42 Å². The molecule has 0 aliphatic rings. The molecule has 3 heteroatoms. The SMILES string of the molecule is C[C@H](NCc1coc2ccccc12)c1cccnc1. The van der Waals surface area contributed by atoms with Crippen LogP contribution in [0.3, 0.4) is 0 Å². The molecule has 1 N–H and O–H groups in total. The van der Waals surface area contributed by atoms with Crippen molar-refractivity contribution >= 4 is 11.0 Å². The van der Waals surface area contributed by atoms with Gasteiger partial charge in [-0.15, -0.1) is 0 Å². The van der Waals surface area contributed by atoms with E-state index in [9.17, 15) is 0 Å². The summed E-state index contributed by atoms with van der Waals surface area (Å²) in [6.45, 7) is 2.92. The maximum Gasteiger partial charge on any atom is 0.134 e. The number of pyridine rings is 1. The van der Waals surface area contributed by atoms with Crippen molar-refractivity contribution in [3.8, 4) is 0 Å². The zero-order valence-corrected chi connectivity index (χ0v) is 10.8. The van der Waals surface area contributed by atoms with Gasteiger partial charge in [-0.1, -0.05) is 24.3 Å². The van der Waals surface area contributed by atoms with Gasteiger partial charge in [0, 0.05) is 35.9 Å². The predicted molar refractivity (Wildman–Crippen MR) is 75.7 cm³/mol. The standard InChI is InChI=1S/C16H16N2O/c1-12(13-5-4-8-17-9-13)18-10-14-11-19-16-7-3-2-6-15(14)16/h2-9,11-12,18H,10H2,1H3/t12-/m0/s1. The Bertz CT molecular complexity index is 661. The molecule has 0 saturated heterocycles. The summed E-state index contributed by atoms with van der Waals surface area (Å²) in [5, 5.41) is 4.67. The second-order valence-electron chi connectivity index (χ2n) is 4.65. The summed E-state index contributed by atoms with van der Waals surface area (Å²) in [6.07, 6.45) is 5.51. The third-order valence-corrected chi connectivity index (χ3v) is 3.34. The summed E-state index contributed by atoms with van der Waals surface area (Å²) < 4.78 is 5.53. The Labute approximate surface area is 112 Å². The van der Waals surface area contributed by atoms with E-state index in [2.05, 4.69) is 29.4 Å². The van der Waals surface area contributed by atoms with Crippen LogP contribution in [-0.4, -0.2) is 4.98 Å². The molecule has 3 rings (SSSR count). The lowest BCUT2D eigenvalue weighted by atomic mass is 10.1. The van der Waals surface area contributed by atoms with Crippen LogP contribution in [0, 0.1) is 0 Å². The average Bonchev–Trinajstić information content (AvgIpc) is 2.89. The highest BCUT2D eigenvalue weighted by Crippen LogP contribution is 2.21. The fourth-order valence-corrected chi connectivity index (χ4v) is 2.18. The lowest BCUT2D eigenvalue weighted by Gasteiger charge is -2.12. The molecule has 2 aromatic heterocycles. The lowest BCUT2D eigenvalue weighted by molar-refractivity contribution is 0.561. The van der Waals surface area contributed by atoms with Crippen molar-refractivity contribution in [1.29, 1.82) is 0 Å². The fraction of sp³-hybridized carbons (Fsp3) is 0.188. The molecule has 0 fully saturated rings. The third-order valence-electron chi connectivity index (χ3n) is 3.34. The highest BCUT2D eigenvalue weighted by molar-refractivity contribution is 5.80. The van der Waals surface area contributed by atoms with Crippen LogP contribution in [0.4, 0.5) is 0 Å². The van der Waals surface area contributed by atoms with Crippen LogP contribution in [-0.2, 0) is 6.54 Å². The summed E-state index contributed by atoms with van der Waals surface area (Å²) in [5.74, 6) is 0. The molecular formula is C16H16N2O. The van der Waals surface area contributed by atoms with Gasteiger partial charge in [0.25, 0.3) is 0 Å². The number of para-hydroxylation sites is 1. The maximum absolute atomic E-state index is 5.53. The number of hydrogen-bond donors (Lipinski definition) is 1. The van der Waals surface area contributed by atoms with E-state index >= 15 is 0 Å². The second-order valence-corrected chi connectivity index (χ2v) is 4.65. The number of aromatic nitrogens is 1. The molecule has 0 aliphatic heterocycles. The monoisotopic (exact) mass is 252 g/mol. The van der Waals surface area contributed by atoms with Gasteiger partial charge in [-0.25, -0.2) is 0 Å². The molecule has 0 unspecified atom stereocenters. The smallest absolute Gasteiger partial charge is 0.134 e. The number of hydrogen-bond acceptors (Lipinski definition) is 3. The van der Waals surface area contributed by atoms with Gasteiger partial charge in [-0.3, -0.25) is 4.98 Å². The van der Waals surface area contributed by atoms with E-state index in [1.54, 1.807) is 6.20 Å². The molecule has 1 atom stereocenters. The maximum atomic E-state index is 5.53. The summed E-state index contributed by atoms with van der Waals surface area (Å²) in [7, 11) is 0. The highest BCUT2D eigenvalue weighted by Gasteiger charge is 2.08. The Morgan fingerprint density at radius 3 is 2.95 bits per heavy atom. The number of nitrogens with zero attached hydrogens (tertiary/aromatic N) is 1. The van der Waals surface area contributed by atoms with Gasteiger partial charge in [0.15, 0.2) is 0 Å². The fourth-order valence-electron chi connectivity index (χ4n) is 2.18. The first-order valence-corrected chi connectivity index (χ1v) is 6.43. The van der Waals surface area contributed by atoms with Crippen LogP contribution in [0.1, 0.15) is 24.1 Å². The first-order chi connectivity index (χ1) is 9.34. The predicted octanol–water partition coefficient (Wildman–Crippen LogP) is 3.68.